The lowest BCUT2D eigenvalue weighted by molar-refractivity contribution is -0.148. The lowest BCUT2D eigenvalue weighted by atomic mass is 10.0. The van der Waals surface area contributed by atoms with Crippen molar-refractivity contribution in [3.63, 3.8) is 0 Å². The van der Waals surface area contributed by atoms with E-state index in [1.165, 1.54) is 13.0 Å². The Labute approximate surface area is 176 Å². The highest BCUT2D eigenvalue weighted by Crippen LogP contribution is 2.42. The van der Waals surface area contributed by atoms with Crippen molar-refractivity contribution in [3.8, 4) is 11.5 Å². The van der Waals surface area contributed by atoms with Gasteiger partial charge in [0.1, 0.15) is 17.1 Å². The number of aryl methyl sites for hydroxylation is 1. The number of carboxylic acids is 1. The largest absolute Gasteiger partial charge is 0.475 e. The Balaban J connectivity index is 1.98. The highest BCUT2D eigenvalue weighted by Gasteiger charge is 2.36. The second-order valence-electron chi connectivity index (χ2n) is 7.46. The number of hydrogen-bond acceptors (Lipinski definition) is 4. The monoisotopic (exact) mass is 434 g/mol. The van der Waals surface area contributed by atoms with Crippen LogP contribution in [0, 0.1) is 6.92 Å². The maximum Gasteiger partial charge on any atom is 0.420 e. The van der Waals surface area contributed by atoms with Gasteiger partial charge in [0.05, 0.1) is 6.54 Å². The van der Waals surface area contributed by atoms with E-state index in [0.717, 1.165) is 22.5 Å². The Morgan fingerprint density at radius 1 is 1.19 bits per heavy atom. The van der Waals surface area contributed by atoms with Gasteiger partial charge in [-0.1, -0.05) is 13.8 Å². The molecule has 0 unspecified atom stereocenters. The predicted molar refractivity (Wildman–Crippen MR) is 110 cm³/mol. The number of aliphatic carboxylic acids is 1. The number of carbonyl (C=O) groups excluding carboxylic acids is 1. The molecular formula is C22H21F3N2O4. The summed E-state index contributed by atoms with van der Waals surface area (Å²) in [6.45, 7) is 4.85. The average molecular weight is 434 g/mol. The Morgan fingerprint density at radius 2 is 1.90 bits per heavy atom. The Morgan fingerprint density at radius 3 is 2.52 bits per heavy atom. The standard InChI is InChI=1S/C22H21F3N2O4/c1-11(2)16-9-27-18-5-4-14(8-15(16)18)31-20-12(3)6-13(7-17(20)22(23,24)25)26-10-19(28)21(29)30/h4-9,11,26-27H,10H2,1-3H3,(H,29,30). The summed E-state index contributed by atoms with van der Waals surface area (Å²) in [6, 6.07) is 7.19. The topological polar surface area (TPSA) is 91.4 Å². The van der Waals surface area contributed by atoms with Crippen LogP contribution in [0.5, 0.6) is 11.5 Å². The molecule has 9 heteroatoms. The highest BCUT2D eigenvalue weighted by atomic mass is 19.4. The van der Waals surface area contributed by atoms with Gasteiger partial charge >= 0.3 is 12.1 Å². The van der Waals surface area contributed by atoms with Crippen LogP contribution in [-0.2, 0) is 15.8 Å². The number of ketones is 1. The Bertz CT molecular complexity index is 1150. The van der Waals surface area contributed by atoms with Gasteiger partial charge in [0.2, 0.25) is 0 Å². The summed E-state index contributed by atoms with van der Waals surface area (Å²) in [7, 11) is 0. The summed E-state index contributed by atoms with van der Waals surface area (Å²) in [6.07, 6.45) is -2.86. The zero-order chi connectivity index (χ0) is 22.9. The first-order chi connectivity index (χ1) is 14.5. The first kappa shape index (κ1) is 22.2. The molecule has 1 aromatic heterocycles. The molecule has 0 saturated heterocycles. The summed E-state index contributed by atoms with van der Waals surface area (Å²) >= 11 is 0. The van der Waals surface area contributed by atoms with Crippen LogP contribution in [0.3, 0.4) is 0 Å². The molecule has 0 aliphatic carbocycles. The minimum Gasteiger partial charge on any atom is -0.475 e. The summed E-state index contributed by atoms with van der Waals surface area (Å²) in [5, 5.41) is 11.9. The fraction of sp³-hybridized carbons (Fsp3) is 0.273. The number of nitrogens with one attached hydrogen (secondary N) is 2. The number of aromatic amines is 1. The van der Waals surface area contributed by atoms with Crippen molar-refractivity contribution >= 4 is 28.3 Å². The van der Waals surface area contributed by atoms with Crippen LogP contribution in [0.15, 0.2) is 36.5 Å². The van der Waals surface area contributed by atoms with Gasteiger partial charge in [0.15, 0.2) is 0 Å². The molecule has 0 amide bonds. The van der Waals surface area contributed by atoms with E-state index in [0.29, 0.717) is 0 Å². The van der Waals surface area contributed by atoms with Crippen LogP contribution < -0.4 is 10.1 Å². The molecule has 2 aromatic carbocycles. The molecule has 0 bridgehead atoms. The molecule has 0 saturated carbocycles. The number of alkyl halides is 3. The zero-order valence-electron chi connectivity index (χ0n) is 17.1. The van der Waals surface area contributed by atoms with Crippen molar-refractivity contribution in [2.45, 2.75) is 32.9 Å². The van der Waals surface area contributed by atoms with Crippen LogP contribution in [0.2, 0.25) is 0 Å². The smallest absolute Gasteiger partial charge is 0.420 e. The van der Waals surface area contributed by atoms with Gasteiger partial charge in [0, 0.05) is 22.8 Å². The third-order valence-corrected chi connectivity index (χ3v) is 4.80. The van der Waals surface area contributed by atoms with Crippen LogP contribution in [0.1, 0.15) is 36.5 Å². The number of aromatic nitrogens is 1. The third-order valence-electron chi connectivity index (χ3n) is 4.80. The van der Waals surface area contributed by atoms with Gasteiger partial charge in [-0.05, 0) is 54.3 Å². The maximum absolute atomic E-state index is 13.7. The van der Waals surface area contributed by atoms with E-state index in [9.17, 15) is 22.8 Å². The zero-order valence-corrected chi connectivity index (χ0v) is 17.1. The van der Waals surface area contributed by atoms with E-state index in [1.807, 2.05) is 20.0 Å². The van der Waals surface area contributed by atoms with Crippen molar-refractivity contribution in [1.82, 2.24) is 4.98 Å². The van der Waals surface area contributed by atoms with Crippen LogP contribution in [0.25, 0.3) is 10.9 Å². The Kier molecular flexibility index (Phi) is 5.97. The van der Waals surface area contributed by atoms with E-state index in [4.69, 9.17) is 9.84 Å². The van der Waals surface area contributed by atoms with Crippen molar-refractivity contribution in [1.29, 1.82) is 0 Å². The normalized spacial score (nSPS) is 11.7. The van der Waals surface area contributed by atoms with E-state index < -0.39 is 30.0 Å². The van der Waals surface area contributed by atoms with Crippen molar-refractivity contribution < 1.29 is 32.6 Å². The van der Waals surface area contributed by atoms with Gasteiger partial charge in [-0.15, -0.1) is 0 Å². The fourth-order valence-corrected chi connectivity index (χ4v) is 3.26. The number of carboxylic acid groups (broad SMARTS) is 1. The first-order valence-corrected chi connectivity index (χ1v) is 9.48. The molecule has 3 aromatic rings. The molecule has 0 atom stereocenters. The van der Waals surface area contributed by atoms with Crippen LogP contribution in [-0.4, -0.2) is 28.4 Å². The third kappa shape index (κ3) is 4.82. The molecular weight excluding hydrogens is 413 g/mol. The molecule has 0 spiro atoms. The number of rotatable bonds is 7. The summed E-state index contributed by atoms with van der Waals surface area (Å²) in [5.41, 5.74) is 0.992. The highest BCUT2D eigenvalue weighted by molar-refractivity contribution is 6.34. The van der Waals surface area contributed by atoms with Crippen LogP contribution in [0.4, 0.5) is 18.9 Å². The van der Waals surface area contributed by atoms with Gasteiger partial charge in [0.25, 0.3) is 5.78 Å². The van der Waals surface area contributed by atoms with Gasteiger partial charge in [-0.25, -0.2) is 4.79 Å². The average Bonchev–Trinajstić information content (AvgIpc) is 3.10. The van der Waals surface area contributed by atoms with E-state index in [2.05, 4.69) is 10.3 Å². The van der Waals surface area contributed by atoms with Crippen molar-refractivity contribution in [3.05, 3.63) is 53.2 Å². The number of halogens is 3. The van der Waals surface area contributed by atoms with Crippen molar-refractivity contribution in [2.24, 2.45) is 0 Å². The quantitative estimate of drug-likeness (QED) is 0.429. The molecule has 0 radical (unpaired) electrons. The number of Topliss-reactive ketones (excluding diaryl/α,β-unsaturated/α-hetero) is 1. The van der Waals surface area contributed by atoms with E-state index >= 15 is 0 Å². The molecule has 0 aliphatic rings. The molecule has 164 valence electrons. The number of H-pyrrole nitrogens is 1. The van der Waals surface area contributed by atoms with Gasteiger partial charge in [-0.2, -0.15) is 13.2 Å². The number of hydrogen-bond donors (Lipinski definition) is 3. The molecule has 0 fully saturated rings. The van der Waals surface area contributed by atoms with E-state index in [-0.39, 0.29) is 28.7 Å². The molecule has 31 heavy (non-hydrogen) atoms. The van der Waals surface area contributed by atoms with Gasteiger partial charge < -0.3 is 20.1 Å². The predicted octanol–water partition coefficient (Wildman–Crippen LogP) is 5.48. The van der Waals surface area contributed by atoms with Gasteiger partial charge in [-0.3, -0.25) is 4.79 Å². The number of anilines is 1. The number of carbonyl (C=O) groups is 2. The second-order valence-corrected chi connectivity index (χ2v) is 7.46. The summed E-state index contributed by atoms with van der Waals surface area (Å²) in [4.78, 5) is 25.0. The van der Waals surface area contributed by atoms with E-state index in [1.54, 1.807) is 18.2 Å². The lowest BCUT2D eigenvalue weighted by Crippen LogP contribution is -2.22. The maximum atomic E-state index is 13.7. The molecule has 1 heterocycles. The molecule has 0 aliphatic heterocycles. The lowest BCUT2D eigenvalue weighted by Gasteiger charge is -2.18. The second kappa shape index (κ2) is 8.33. The van der Waals surface area contributed by atoms with Crippen molar-refractivity contribution in [2.75, 3.05) is 11.9 Å². The number of ether oxygens (including phenoxy) is 1. The first-order valence-electron chi connectivity index (χ1n) is 9.48. The molecule has 3 rings (SSSR count). The minimum absolute atomic E-state index is 0.0324. The SMILES string of the molecule is Cc1cc(NCC(=O)C(=O)O)cc(C(F)(F)F)c1Oc1ccc2[nH]cc(C(C)C)c2c1. The fourth-order valence-electron chi connectivity index (χ4n) is 3.26. The molecule has 3 N–H and O–H groups in total. The number of benzene rings is 2. The molecule has 6 nitrogen and oxygen atoms in total. The summed E-state index contributed by atoms with van der Waals surface area (Å²) in [5.74, 6) is -2.71. The van der Waals surface area contributed by atoms with Crippen LogP contribution >= 0.6 is 0 Å². The summed E-state index contributed by atoms with van der Waals surface area (Å²) < 4.78 is 46.9. The number of fused-ring (bicyclic) bond motifs is 1. The minimum atomic E-state index is -4.73. The Hall–Kier alpha value is -3.49.